The number of ketones is 1. The minimum atomic E-state index is -4.32. The number of nitriles is 1. The van der Waals surface area contributed by atoms with Crippen LogP contribution in [0.5, 0.6) is 0 Å². The lowest BCUT2D eigenvalue weighted by molar-refractivity contribution is -0.198. The molecule has 2 nitrogen and oxygen atoms in total. The average molecular weight is 247 g/mol. The van der Waals surface area contributed by atoms with Crippen molar-refractivity contribution in [1.29, 1.82) is 5.26 Å². The van der Waals surface area contributed by atoms with Crippen LogP contribution in [0.2, 0.25) is 0 Å². The number of carbonyl (C=O) groups is 1. The van der Waals surface area contributed by atoms with Crippen molar-refractivity contribution in [1.82, 2.24) is 0 Å². The van der Waals surface area contributed by atoms with E-state index in [1.54, 1.807) is 13.0 Å². The number of alkyl halides is 3. The second kappa shape index (κ2) is 5.52. The van der Waals surface area contributed by atoms with E-state index in [1.165, 1.54) is 0 Å². The number of carbonyl (C=O) groups excluding carboxylic acids is 1. The third-order valence-corrected chi connectivity index (χ3v) is 3.46. The Morgan fingerprint density at radius 1 is 1.41 bits per heavy atom. The molecule has 1 fully saturated rings. The molecular formula is C12H16F3NO. The van der Waals surface area contributed by atoms with E-state index in [0.717, 1.165) is 0 Å². The molecule has 17 heavy (non-hydrogen) atoms. The van der Waals surface area contributed by atoms with Gasteiger partial charge in [0.25, 0.3) is 0 Å². The van der Waals surface area contributed by atoms with Crippen molar-refractivity contribution in [3.8, 4) is 6.07 Å². The summed E-state index contributed by atoms with van der Waals surface area (Å²) in [6, 6.07) is 1.80. The third kappa shape index (κ3) is 3.21. The zero-order valence-electron chi connectivity index (χ0n) is 9.76. The summed E-state index contributed by atoms with van der Waals surface area (Å²) in [5.41, 5.74) is 0. The van der Waals surface area contributed by atoms with Gasteiger partial charge in [-0.05, 0) is 19.3 Å². The van der Waals surface area contributed by atoms with Crippen LogP contribution in [0.4, 0.5) is 13.2 Å². The number of halogens is 3. The van der Waals surface area contributed by atoms with Crippen LogP contribution in [0, 0.1) is 29.1 Å². The molecule has 0 amide bonds. The van der Waals surface area contributed by atoms with E-state index in [-0.39, 0.29) is 19.3 Å². The molecule has 96 valence electrons. The van der Waals surface area contributed by atoms with Gasteiger partial charge in [0, 0.05) is 5.92 Å². The molecular weight excluding hydrogens is 231 g/mol. The SMILES string of the molecule is CCC(C#N)C(=O)C1CCCCC1C(F)(F)F. The summed E-state index contributed by atoms with van der Waals surface area (Å²) in [4.78, 5) is 11.9. The van der Waals surface area contributed by atoms with E-state index in [0.29, 0.717) is 12.8 Å². The maximum atomic E-state index is 12.8. The Labute approximate surface area is 98.8 Å². The molecule has 1 aliphatic carbocycles. The lowest BCUT2D eigenvalue weighted by Crippen LogP contribution is -2.39. The van der Waals surface area contributed by atoms with Crippen LogP contribution in [-0.2, 0) is 4.79 Å². The molecule has 0 heterocycles. The summed E-state index contributed by atoms with van der Waals surface area (Å²) in [7, 11) is 0. The van der Waals surface area contributed by atoms with Crippen molar-refractivity contribution < 1.29 is 18.0 Å². The number of hydrogen-bond acceptors (Lipinski definition) is 2. The monoisotopic (exact) mass is 247 g/mol. The van der Waals surface area contributed by atoms with Crippen molar-refractivity contribution in [2.45, 2.75) is 45.2 Å². The molecule has 0 radical (unpaired) electrons. The number of Topliss-reactive ketones (excluding diaryl/α,β-unsaturated/α-hetero) is 1. The Morgan fingerprint density at radius 2 is 2.00 bits per heavy atom. The van der Waals surface area contributed by atoms with E-state index in [2.05, 4.69) is 0 Å². The molecule has 1 aliphatic rings. The van der Waals surface area contributed by atoms with Crippen molar-refractivity contribution in [3.63, 3.8) is 0 Å². The van der Waals surface area contributed by atoms with Crippen LogP contribution >= 0.6 is 0 Å². The molecule has 5 heteroatoms. The molecule has 0 saturated heterocycles. The highest BCUT2D eigenvalue weighted by molar-refractivity contribution is 5.86. The fourth-order valence-electron chi connectivity index (χ4n) is 2.48. The molecule has 0 N–H and O–H groups in total. The number of nitrogens with zero attached hydrogens (tertiary/aromatic N) is 1. The molecule has 1 saturated carbocycles. The summed E-state index contributed by atoms with van der Waals surface area (Å²) in [5.74, 6) is -3.96. The topological polar surface area (TPSA) is 40.9 Å². The smallest absolute Gasteiger partial charge is 0.298 e. The lowest BCUT2D eigenvalue weighted by atomic mass is 9.73. The highest BCUT2D eigenvalue weighted by Crippen LogP contribution is 2.42. The summed E-state index contributed by atoms with van der Waals surface area (Å²) in [6.07, 6.45) is -2.60. The van der Waals surface area contributed by atoms with Crippen LogP contribution in [0.25, 0.3) is 0 Å². The predicted octanol–water partition coefficient (Wildman–Crippen LogP) is 3.47. The Balaban J connectivity index is 2.86. The number of rotatable bonds is 3. The first-order chi connectivity index (χ1) is 7.91. The molecule has 0 aromatic carbocycles. The molecule has 3 atom stereocenters. The van der Waals surface area contributed by atoms with Gasteiger partial charge in [0.1, 0.15) is 5.92 Å². The van der Waals surface area contributed by atoms with Gasteiger partial charge in [-0.2, -0.15) is 18.4 Å². The van der Waals surface area contributed by atoms with E-state index in [4.69, 9.17) is 5.26 Å². The first-order valence-electron chi connectivity index (χ1n) is 5.91. The zero-order chi connectivity index (χ0) is 13.1. The summed E-state index contributed by atoms with van der Waals surface area (Å²) in [6.45, 7) is 1.65. The molecule has 3 unspecified atom stereocenters. The predicted molar refractivity (Wildman–Crippen MR) is 55.9 cm³/mol. The molecule has 0 spiro atoms. The Bertz CT molecular complexity index is 319. The summed E-state index contributed by atoms with van der Waals surface area (Å²) >= 11 is 0. The van der Waals surface area contributed by atoms with Crippen LogP contribution in [0.15, 0.2) is 0 Å². The minimum absolute atomic E-state index is 0.0156. The summed E-state index contributed by atoms with van der Waals surface area (Å²) in [5, 5.41) is 8.76. The van der Waals surface area contributed by atoms with E-state index in [9.17, 15) is 18.0 Å². The molecule has 0 aromatic heterocycles. The van der Waals surface area contributed by atoms with E-state index in [1.807, 2.05) is 0 Å². The van der Waals surface area contributed by atoms with Crippen molar-refractivity contribution in [2.24, 2.45) is 17.8 Å². The minimum Gasteiger partial charge on any atom is -0.298 e. The normalized spacial score (nSPS) is 27.2. The lowest BCUT2D eigenvalue weighted by Gasteiger charge is -2.32. The first kappa shape index (κ1) is 14.0. The van der Waals surface area contributed by atoms with Gasteiger partial charge < -0.3 is 0 Å². The fourth-order valence-corrected chi connectivity index (χ4v) is 2.48. The van der Waals surface area contributed by atoms with E-state index >= 15 is 0 Å². The molecule has 1 rings (SSSR count). The Morgan fingerprint density at radius 3 is 2.47 bits per heavy atom. The van der Waals surface area contributed by atoms with E-state index < -0.39 is 29.7 Å². The molecule has 0 bridgehead atoms. The first-order valence-corrected chi connectivity index (χ1v) is 5.91. The molecule has 0 aliphatic heterocycles. The van der Waals surface area contributed by atoms with Gasteiger partial charge in [-0.25, -0.2) is 0 Å². The second-order valence-electron chi connectivity index (χ2n) is 4.53. The van der Waals surface area contributed by atoms with Crippen molar-refractivity contribution in [2.75, 3.05) is 0 Å². The van der Waals surface area contributed by atoms with Gasteiger partial charge >= 0.3 is 6.18 Å². The van der Waals surface area contributed by atoms with Gasteiger partial charge in [0.05, 0.1) is 12.0 Å². The quantitative estimate of drug-likeness (QED) is 0.766. The zero-order valence-corrected chi connectivity index (χ0v) is 9.76. The average Bonchev–Trinajstić information content (AvgIpc) is 2.29. The van der Waals surface area contributed by atoms with Gasteiger partial charge in [-0.3, -0.25) is 4.79 Å². The fraction of sp³-hybridized carbons (Fsp3) is 0.833. The van der Waals surface area contributed by atoms with Gasteiger partial charge in [0.2, 0.25) is 0 Å². The third-order valence-electron chi connectivity index (χ3n) is 3.46. The van der Waals surface area contributed by atoms with Crippen LogP contribution in [-0.4, -0.2) is 12.0 Å². The Hall–Kier alpha value is -1.05. The largest absolute Gasteiger partial charge is 0.392 e. The number of hydrogen-bond donors (Lipinski definition) is 0. The molecule has 0 aromatic rings. The Kier molecular flexibility index (Phi) is 4.55. The standard InChI is InChI=1S/C12H16F3NO/c1-2-8(7-16)11(17)9-5-3-4-6-10(9)12(13,14)15/h8-10H,2-6H2,1H3. The second-order valence-corrected chi connectivity index (χ2v) is 4.53. The van der Waals surface area contributed by atoms with Crippen LogP contribution in [0.3, 0.4) is 0 Å². The highest BCUT2D eigenvalue weighted by Gasteiger charge is 2.48. The van der Waals surface area contributed by atoms with Gasteiger partial charge in [-0.1, -0.05) is 19.8 Å². The van der Waals surface area contributed by atoms with Crippen molar-refractivity contribution >= 4 is 5.78 Å². The van der Waals surface area contributed by atoms with Crippen molar-refractivity contribution in [3.05, 3.63) is 0 Å². The van der Waals surface area contributed by atoms with Crippen LogP contribution < -0.4 is 0 Å². The van der Waals surface area contributed by atoms with Crippen LogP contribution in [0.1, 0.15) is 39.0 Å². The highest BCUT2D eigenvalue weighted by atomic mass is 19.4. The maximum absolute atomic E-state index is 12.8. The van der Waals surface area contributed by atoms with Gasteiger partial charge in [-0.15, -0.1) is 0 Å². The summed E-state index contributed by atoms with van der Waals surface area (Å²) < 4.78 is 38.4. The maximum Gasteiger partial charge on any atom is 0.392 e. The van der Waals surface area contributed by atoms with Gasteiger partial charge in [0.15, 0.2) is 5.78 Å².